The van der Waals surface area contributed by atoms with E-state index in [2.05, 4.69) is 13.8 Å². The minimum atomic E-state index is -0.501. The Morgan fingerprint density at radius 1 is 1.46 bits per heavy atom. The smallest absolute Gasteiger partial charge is 0.152 e. The minimum Gasteiger partial charge on any atom is -0.389 e. The summed E-state index contributed by atoms with van der Waals surface area (Å²) in [5.41, 5.74) is 0. The molecule has 2 nitrogen and oxygen atoms in total. The quantitative estimate of drug-likeness (QED) is 0.665. The van der Waals surface area contributed by atoms with Crippen LogP contribution in [0.3, 0.4) is 0 Å². The van der Waals surface area contributed by atoms with Crippen molar-refractivity contribution in [3.63, 3.8) is 0 Å². The van der Waals surface area contributed by atoms with Gasteiger partial charge in [-0.1, -0.05) is 33.3 Å². The monoisotopic (exact) mass is 184 g/mol. The van der Waals surface area contributed by atoms with E-state index in [1.807, 2.05) is 6.92 Å². The Hall–Kier alpha value is -0.630. The number of aliphatic hydroxyl groups excluding tert-OH is 1. The molecule has 0 aliphatic rings. The molecule has 0 saturated heterocycles. The highest BCUT2D eigenvalue weighted by Gasteiger charge is 2.16. The molecule has 0 rings (SSSR count). The second-order valence-electron chi connectivity index (χ2n) is 3.71. The molecule has 2 heteroatoms. The molecule has 0 saturated carbocycles. The predicted molar refractivity (Wildman–Crippen MR) is 54.4 cm³/mol. The number of carbonyl (C=O) groups is 1. The molecule has 3 unspecified atom stereocenters. The summed E-state index contributed by atoms with van der Waals surface area (Å²) in [6, 6.07) is 0. The summed E-state index contributed by atoms with van der Waals surface area (Å²) < 4.78 is 0. The van der Waals surface area contributed by atoms with Crippen molar-refractivity contribution in [2.45, 2.75) is 40.2 Å². The van der Waals surface area contributed by atoms with Gasteiger partial charge < -0.3 is 5.11 Å². The van der Waals surface area contributed by atoms with E-state index in [9.17, 15) is 9.90 Å². The lowest BCUT2D eigenvalue weighted by Crippen LogP contribution is -2.21. The fraction of sp³-hybridized carbons (Fsp3) is 0.727. The van der Waals surface area contributed by atoms with Crippen LogP contribution in [0, 0.1) is 11.8 Å². The van der Waals surface area contributed by atoms with Gasteiger partial charge in [0.15, 0.2) is 5.78 Å². The summed E-state index contributed by atoms with van der Waals surface area (Å²) in [5, 5.41) is 9.63. The van der Waals surface area contributed by atoms with Crippen LogP contribution in [0.2, 0.25) is 0 Å². The second kappa shape index (κ2) is 5.92. The zero-order valence-corrected chi connectivity index (χ0v) is 8.95. The van der Waals surface area contributed by atoms with Crippen molar-refractivity contribution >= 4 is 5.78 Å². The van der Waals surface area contributed by atoms with Crippen LogP contribution < -0.4 is 0 Å². The fourth-order valence-corrected chi connectivity index (χ4v) is 1.12. The average Bonchev–Trinajstić information content (AvgIpc) is 2.11. The fourth-order valence-electron chi connectivity index (χ4n) is 1.12. The molecule has 0 heterocycles. The van der Waals surface area contributed by atoms with Crippen molar-refractivity contribution in [2.24, 2.45) is 11.8 Å². The largest absolute Gasteiger partial charge is 0.389 e. The maximum Gasteiger partial charge on any atom is 0.152 e. The number of ketones is 1. The summed E-state index contributed by atoms with van der Waals surface area (Å²) in [4.78, 5) is 10.6. The Bertz CT molecular complexity index is 185. The lowest BCUT2D eigenvalue weighted by atomic mass is 9.88. The van der Waals surface area contributed by atoms with E-state index in [0.717, 1.165) is 6.42 Å². The number of hydrogen-bond donors (Lipinski definition) is 1. The molecule has 0 aromatic heterocycles. The lowest BCUT2D eigenvalue weighted by molar-refractivity contribution is -0.112. The summed E-state index contributed by atoms with van der Waals surface area (Å²) >= 11 is 0. The molecule has 0 amide bonds. The van der Waals surface area contributed by atoms with Crippen LogP contribution in [-0.4, -0.2) is 17.0 Å². The molecular formula is C11H20O2. The van der Waals surface area contributed by atoms with Gasteiger partial charge in [-0.2, -0.15) is 0 Å². The maximum absolute atomic E-state index is 10.6. The molecule has 1 N–H and O–H groups in total. The Morgan fingerprint density at radius 2 is 2.00 bits per heavy atom. The third-order valence-electron chi connectivity index (χ3n) is 2.61. The third kappa shape index (κ3) is 4.83. The second-order valence-corrected chi connectivity index (χ2v) is 3.71. The zero-order valence-electron chi connectivity index (χ0n) is 8.95. The van der Waals surface area contributed by atoms with Crippen LogP contribution in [0.4, 0.5) is 0 Å². The van der Waals surface area contributed by atoms with Gasteiger partial charge in [0.25, 0.3) is 0 Å². The van der Waals surface area contributed by atoms with Crippen molar-refractivity contribution in [1.29, 1.82) is 0 Å². The standard InChI is InChI=1S/C11H20O2/c1-5-8(2)10(4)11(13)7-6-9(3)12/h6-8,10-11,13H,5H2,1-4H3. The molecule has 0 bridgehead atoms. The first-order valence-electron chi connectivity index (χ1n) is 4.85. The molecular weight excluding hydrogens is 164 g/mol. The van der Waals surface area contributed by atoms with Gasteiger partial charge in [0.1, 0.15) is 0 Å². The van der Waals surface area contributed by atoms with Gasteiger partial charge in [0.2, 0.25) is 0 Å². The summed E-state index contributed by atoms with van der Waals surface area (Å²) in [6.45, 7) is 7.69. The summed E-state index contributed by atoms with van der Waals surface area (Å²) in [5.74, 6) is 0.669. The average molecular weight is 184 g/mol. The van der Waals surface area contributed by atoms with Crippen molar-refractivity contribution in [3.05, 3.63) is 12.2 Å². The third-order valence-corrected chi connectivity index (χ3v) is 2.61. The number of rotatable bonds is 5. The van der Waals surface area contributed by atoms with E-state index in [1.54, 1.807) is 6.08 Å². The lowest BCUT2D eigenvalue weighted by Gasteiger charge is -2.21. The highest BCUT2D eigenvalue weighted by atomic mass is 16.3. The Labute approximate surface area is 80.7 Å². The molecule has 76 valence electrons. The normalized spacial score (nSPS) is 18.5. The van der Waals surface area contributed by atoms with Crippen molar-refractivity contribution < 1.29 is 9.90 Å². The molecule has 0 aliphatic carbocycles. The number of hydrogen-bond acceptors (Lipinski definition) is 2. The molecule has 3 atom stereocenters. The van der Waals surface area contributed by atoms with Gasteiger partial charge in [-0.3, -0.25) is 4.79 Å². The Balaban J connectivity index is 4.09. The van der Waals surface area contributed by atoms with Crippen LogP contribution >= 0.6 is 0 Å². The minimum absolute atomic E-state index is 0.0181. The van der Waals surface area contributed by atoms with Gasteiger partial charge in [-0.05, 0) is 24.8 Å². The molecule has 0 aromatic rings. The van der Waals surface area contributed by atoms with Gasteiger partial charge in [0, 0.05) is 0 Å². The highest BCUT2D eigenvalue weighted by molar-refractivity contribution is 5.87. The zero-order chi connectivity index (χ0) is 10.4. The van der Waals surface area contributed by atoms with E-state index >= 15 is 0 Å². The topological polar surface area (TPSA) is 37.3 Å². The van der Waals surface area contributed by atoms with E-state index < -0.39 is 6.10 Å². The Morgan fingerprint density at radius 3 is 2.38 bits per heavy atom. The number of carbonyl (C=O) groups excluding carboxylic acids is 1. The van der Waals surface area contributed by atoms with Crippen LogP contribution in [0.1, 0.15) is 34.1 Å². The molecule has 0 aromatic carbocycles. The molecule has 0 aliphatic heterocycles. The van der Waals surface area contributed by atoms with Gasteiger partial charge in [-0.15, -0.1) is 0 Å². The molecule has 0 fully saturated rings. The van der Waals surface area contributed by atoms with Crippen LogP contribution in [0.25, 0.3) is 0 Å². The molecule has 0 radical (unpaired) electrons. The van der Waals surface area contributed by atoms with E-state index in [-0.39, 0.29) is 11.7 Å². The van der Waals surface area contributed by atoms with Crippen molar-refractivity contribution in [2.75, 3.05) is 0 Å². The van der Waals surface area contributed by atoms with Crippen LogP contribution in [0.15, 0.2) is 12.2 Å². The van der Waals surface area contributed by atoms with Crippen LogP contribution in [-0.2, 0) is 4.79 Å². The first-order valence-corrected chi connectivity index (χ1v) is 4.85. The van der Waals surface area contributed by atoms with Gasteiger partial charge in [0.05, 0.1) is 6.10 Å². The van der Waals surface area contributed by atoms with Crippen molar-refractivity contribution in [1.82, 2.24) is 0 Å². The van der Waals surface area contributed by atoms with Gasteiger partial charge in [-0.25, -0.2) is 0 Å². The number of allylic oxidation sites excluding steroid dienone is 1. The number of aliphatic hydroxyl groups is 1. The highest BCUT2D eigenvalue weighted by Crippen LogP contribution is 2.18. The molecule has 13 heavy (non-hydrogen) atoms. The molecule has 0 spiro atoms. The van der Waals surface area contributed by atoms with Crippen LogP contribution in [0.5, 0.6) is 0 Å². The van der Waals surface area contributed by atoms with E-state index in [0.29, 0.717) is 5.92 Å². The predicted octanol–water partition coefficient (Wildman–Crippen LogP) is 2.17. The first kappa shape index (κ1) is 12.4. The first-order chi connectivity index (χ1) is 5.99. The Kier molecular flexibility index (Phi) is 5.63. The SMILES string of the molecule is CCC(C)C(C)C(O)C=CC(C)=O. The summed E-state index contributed by atoms with van der Waals surface area (Å²) in [7, 11) is 0. The maximum atomic E-state index is 10.6. The van der Waals surface area contributed by atoms with Gasteiger partial charge >= 0.3 is 0 Å². The summed E-state index contributed by atoms with van der Waals surface area (Å²) in [6.07, 6.45) is 3.56. The van der Waals surface area contributed by atoms with E-state index in [1.165, 1.54) is 13.0 Å². The van der Waals surface area contributed by atoms with E-state index in [4.69, 9.17) is 0 Å². The van der Waals surface area contributed by atoms with Crippen molar-refractivity contribution in [3.8, 4) is 0 Å².